The van der Waals surface area contributed by atoms with E-state index in [-0.39, 0.29) is 30.3 Å². The summed E-state index contributed by atoms with van der Waals surface area (Å²) in [5, 5.41) is 2.42. The van der Waals surface area contributed by atoms with Crippen molar-refractivity contribution < 1.29 is 18.3 Å². The second-order valence-electron chi connectivity index (χ2n) is 8.08. The number of aryl methyl sites for hydroxylation is 2. The molecule has 4 rings (SSSR count). The standard InChI is InChI=1S/C25H23F2N3O3S/c1-15-4-7-18(10-16(15)2)20-13-34-23-22(20)24(32)30(14-28-23)12-21(31)29(3)11-17-5-8-19(9-6-17)33-25(26)27/h4-10,13-14,25H,11-12H2,1-3H3. The fraction of sp³-hybridized carbons (Fsp3) is 0.240. The number of amides is 1. The van der Waals surface area contributed by atoms with Crippen LogP contribution in [0.5, 0.6) is 5.75 Å². The Morgan fingerprint density at radius 1 is 1.15 bits per heavy atom. The lowest BCUT2D eigenvalue weighted by Crippen LogP contribution is -2.33. The van der Waals surface area contributed by atoms with Crippen molar-refractivity contribution in [1.82, 2.24) is 14.5 Å². The molecule has 9 heteroatoms. The van der Waals surface area contributed by atoms with Gasteiger partial charge in [0.25, 0.3) is 5.56 Å². The van der Waals surface area contributed by atoms with E-state index in [1.54, 1.807) is 19.2 Å². The third-order valence-corrected chi connectivity index (χ3v) is 6.56. The topological polar surface area (TPSA) is 64.4 Å². The predicted molar refractivity (Wildman–Crippen MR) is 128 cm³/mol. The Labute approximate surface area is 199 Å². The number of thiophene rings is 1. The van der Waals surface area contributed by atoms with E-state index < -0.39 is 6.61 Å². The first-order chi connectivity index (χ1) is 16.2. The Bertz CT molecular complexity index is 1400. The number of alkyl halides is 2. The van der Waals surface area contributed by atoms with Gasteiger partial charge in [-0.3, -0.25) is 14.2 Å². The van der Waals surface area contributed by atoms with Crippen LogP contribution in [0.2, 0.25) is 0 Å². The largest absolute Gasteiger partial charge is 0.435 e. The van der Waals surface area contributed by atoms with E-state index in [4.69, 9.17) is 0 Å². The van der Waals surface area contributed by atoms with Crippen LogP contribution < -0.4 is 10.3 Å². The molecule has 0 aliphatic heterocycles. The molecule has 0 aliphatic rings. The van der Waals surface area contributed by atoms with Gasteiger partial charge in [0, 0.05) is 24.5 Å². The molecule has 0 fully saturated rings. The molecule has 2 aromatic heterocycles. The molecular formula is C25H23F2N3O3S. The zero-order chi connectivity index (χ0) is 24.4. The smallest absolute Gasteiger partial charge is 0.387 e. The Morgan fingerprint density at radius 2 is 1.88 bits per heavy atom. The maximum Gasteiger partial charge on any atom is 0.387 e. The van der Waals surface area contributed by atoms with Crippen LogP contribution in [0.15, 0.2) is 59.0 Å². The van der Waals surface area contributed by atoms with Gasteiger partial charge in [-0.2, -0.15) is 8.78 Å². The van der Waals surface area contributed by atoms with E-state index in [0.29, 0.717) is 10.2 Å². The molecule has 34 heavy (non-hydrogen) atoms. The summed E-state index contributed by atoms with van der Waals surface area (Å²) in [6, 6.07) is 12.1. The predicted octanol–water partition coefficient (Wildman–Crippen LogP) is 5.00. The number of hydrogen-bond acceptors (Lipinski definition) is 5. The van der Waals surface area contributed by atoms with E-state index >= 15 is 0 Å². The van der Waals surface area contributed by atoms with Gasteiger partial charge in [-0.25, -0.2) is 4.98 Å². The molecule has 0 saturated carbocycles. The number of likely N-dealkylation sites (N-methyl/N-ethyl adjacent to an activating group) is 1. The lowest BCUT2D eigenvalue weighted by molar-refractivity contribution is -0.131. The number of rotatable bonds is 7. The molecule has 0 N–H and O–H groups in total. The molecule has 0 bridgehead atoms. The SMILES string of the molecule is Cc1ccc(-c2csc3ncn(CC(=O)N(C)Cc4ccc(OC(F)F)cc4)c(=O)c23)cc1C. The van der Waals surface area contributed by atoms with Crippen molar-refractivity contribution in [2.24, 2.45) is 0 Å². The normalized spacial score (nSPS) is 11.2. The number of nitrogens with zero attached hydrogens (tertiary/aromatic N) is 3. The van der Waals surface area contributed by atoms with E-state index in [1.807, 2.05) is 37.4 Å². The van der Waals surface area contributed by atoms with E-state index in [2.05, 4.69) is 9.72 Å². The summed E-state index contributed by atoms with van der Waals surface area (Å²) < 4.78 is 30.3. The fourth-order valence-electron chi connectivity index (χ4n) is 3.61. The molecule has 0 spiro atoms. The highest BCUT2D eigenvalue weighted by molar-refractivity contribution is 7.17. The minimum absolute atomic E-state index is 0.0500. The first kappa shape index (κ1) is 23.6. The molecule has 6 nitrogen and oxygen atoms in total. The van der Waals surface area contributed by atoms with Gasteiger partial charge in [-0.15, -0.1) is 11.3 Å². The highest BCUT2D eigenvalue weighted by atomic mass is 32.1. The van der Waals surface area contributed by atoms with Crippen molar-refractivity contribution in [3.63, 3.8) is 0 Å². The maximum atomic E-state index is 13.3. The molecular weight excluding hydrogens is 460 g/mol. The van der Waals surface area contributed by atoms with Crippen LogP contribution in [0, 0.1) is 13.8 Å². The van der Waals surface area contributed by atoms with Crippen LogP contribution in [0.4, 0.5) is 8.78 Å². The minimum atomic E-state index is -2.89. The van der Waals surface area contributed by atoms with Gasteiger partial charge in [0.05, 0.1) is 11.7 Å². The average Bonchev–Trinajstić information content (AvgIpc) is 3.23. The number of halogens is 2. The van der Waals surface area contributed by atoms with Crippen LogP contribution in [0.25, 0.3) is 21.3 Å². The third-order valence-electron chi connectivity index (χ3n) is 5.68. The molecule has 4 aromatic rings. The van der Waals surface area contributed by atoms with Crippen molar-refractivity contribution in [2.75, 3.05) is 7.05 Å². The Balaban J connectivity index is 1.53. The van der Waals surface area contributed by atoms with Gasteiger partial charge in [-0.1, -0.05) is 30.3 Å². The van der Waals surface area contributed by atoms with Crippen LogP contribution >= 0.6 is 11.3 Å². The Kier molecular flexibility index (Phi) is 6.74. The zero-order valence-corrected chi connectivity index (χ0v) is 19.7. The van der Waals surface area contributed by atoms with Crippen molar-refractivity contribution >= 4 is 27.5 Å². The zero-order valence-electron chi connectivity index (χ0n) is 18.9. The van der Waals surface area contributed by atoms with E-state index in [9.17, 15) is 18.4 Å². The number of aromatic nitrogens is 2. The summed E-state index contributed by atoms with van der Waals surface area (Å²) in [5.74, 6) is -0.229. The monoisotopic (exact) mass is 483 g/mol. The first-order valence-corrected chi connectivity index (χ1v) is 11.4. The molecule has 0 aliphatic carbocycles. The highest BCUT2D eigenvalue weighted by Crippen LogP contribution is 2.31. The molecule has 0 radical (unpaired) electrons. The third kappa shape index (κ3) is 4.99. The van der Waals surface area contributed by atoms with Gasteiger partial charge >= 0.3 is 6.61 Å². The number of ether oxygens (including phenoxy) is 1. The molecule has 176 valence electrons. The summed E-state index contributed by atoms with van der Waals surface area (Å²) in [6.45, 7) is 1.26. The fourth-order valence-corrected chi connectivity index (χ4v) is 4.51. The van der Waals surface area contributed by atoms with E-state index in [0.717, 1.165) is 22.3 Å². The molecule has 2 heterocycles. The van der Waals surface area contributed by atoms with Crippen LogP contribution in [-0.2, 0) is 17.9 Å². The quantitative estimate of drug-likeness (QED) is 0.371. The molecule has 0 saturated heterocycles. The molecule has 2 aromatic carbocycles. The Hall–Kier alpha value is -3.59. The summed E-state index contributed by atoms with van der Waals surface area (Å²) in [4.78, 5) is 32.6. The second-order valence-corrected chi connectivity index (χ2v) is 8.94. The highest BCUT2D eigenvalue weighted by Gasteiger charge is 2.17. The second kappa shape index (κ2) is 9.72. The van der Waals surface area contributed by atoms with Crippen LogP contribution in [-0.4, -0.2) is 34.0 Å². The maximum absolute atomic E-state index is 13.3. The van der Waals surface area contributed by atoms with Crippen LogP contribution in [0.3, 0.4) is 0 Å². The van der Waals surface area contributed by atoms with Crippen molar-refractivity contribution in [3.8, 4) is 16.9 Å². The van der Waals surface area contributed by atoms with Crippen molar-refractivity contribution in [2.45, 2.75) is 33.5 Å². The van der Waals surface area contributed by atoms with Gasteiger partial charge in [0.1, 0.15) is 17.1 Å². The summed E-state index contributed by atoms with van der Waals surface area (Å²) >= 11 is 1.40. The summed E-state index contributed by atoms with van der Waals surface area (Å²) in [7, 11) is 1.62. The summed E-state index contributed by atoms with van der Waals surface area (Å²) in [6.07, 6.45) is 1.40. The van der Waals surface area contributed by atoms with E-state index in [1.165, 1.54) is 44.8 Å². The van der Waals surface area contributed by atoms with Crippen molar-refractivity contribution in [1.29, 1.82) is 0 Å². The van der Waals surface area contributed by atoms with Gasteiger partial charge in [-0.05, 0) is 48.2 Å². The number of carbonyl (C=O) groups excluding carboxylic acids is 1. The van der Waals surface area contributed by atoms with Gasteiger partial charge < -0.3 is 9.64 Å². The number of carbonyl (C=O) groups is 1. The minimum Gasteiger partial charge on any atom is -0.435 e. The number of fused-ring (bicyclic) bond motifs is 1. The van der Waals surface area contributed by atoms with Crippen LogP contribution in [0.1, 0.15) is 16.7 Å². The lowest BCUT2D eigenvalue weighted by atomic mass is 10.0. The van der Waals surface area contributed by atoms with Crippen molar-refractivity contribution in [3.05, 3.63) is 81.2 Å². The Morgan fingerprint density at radius 3 is 2.56 bits per heavy atom. The summed E-state index contributed by atoms with van der Waals surface area (Å²) in [5.41, 5.74) is 4.52. The van der Waals surface area contributed by atoms with Gasteiger partial charge in [0.2, 0.25) is 5.91 Å². The number of benzene rings is 2. The first-order valence-electron chi connectivity index (χ1n) is 10.5. The molecule has 0 atom stereocenters. The lowest BCUT2D eigenvalue weighted by Gasteiger charge is -2.18. The molecule has 1 amide bonds. The number of hydrogen-bond donors (Lipinski definition) is 0. The average molecular weight is 484 g/mol. The molecule has 0 unspecified atom stereocenters. The van der Waals surface area contributed by atoms with Gasteiger partial charge in [0.15, 0.2) is 0 Å².